The van der Waals surface area contributed by atoms with E-state index in [-0.39, 0.29) is 17.8 Å². The number of hydrogen-bond acceptors (Lipinski definition) is 4. The van der Waals surface area contributed by atoms with E-state index in [9.17, 15) is 9.90 Å². The molecule has 3 rings (SSSR count). The zero-order valence-electron chi connectivity index (χ0n) is 16.3. The zero-order valence-corrected chi connectivity index (χ0v) is 16.3. The molecule has 4 heteroatoms. The van der Waals surface area contributed by atoms with Gasteiger partial charge in [0.25, 0.3) is 0 Å². The molecule has 2 aromatic rings. The molecule has 0 amide bonds. The lowest BCUT2D eigenvalue weighted by molar-refractivity contribution is 0.0413. The van der Waals surface area contributed by atoms with Crippen LogP contribution in [0.2, 0.25) is 0 Å². The molecular weight excluding hydrogens is 338 g/mol. The molecule has 4 nitrogen and oxygen atoms in total. The number of carbonyl (C=O) groups excluding carboxylic acids is 1. The van der Waals surface area contributed by atoms with Gasteiger partial charge < -0.3 is 9.84 Å². The molecule has 0 spiro atoms. The molecule has 0 aromatic heterocycles. The van der Waals surface area contributed by atoms with Gasteiger partial charge >= 0.3 is 0 Å². The summed E-state index contributed by atoms with van der Waals surface area (Å²) in [7, 11) is 1.67. The number of ether oxygens (including phenoxy) is 1. The van der Waals surface area contributed by atoms with Crippen LogP contribution in [0.4, 0.5) is 0 Å². The van der Waals surface area contributed by atoms with Gasteiger partial charge in [-0.3, -0.25) is 9.69 Å². The third-order valence-electron chi connectivity index (χ3n) is 5.73. The molecule has 1 fully saturated rings. The highest BCUT2D eigenvalue weighted by Crippen LogP contribution is 2.35. The summed E-state index contributed by atoms with van der Waals surface area (Å²) in [6.45, 7) is 4.59. The van der Waals surface area contributed by atoms with E-state index in [1.54, 1.807) is 14.0 Å². The van der Waals surface area contributed by atoms with Crippen LogP contribution in [0.15, 0.2) is 48.5 Å². The number of carbonyl (C=O) groups is 1. The van der Waals surface area contributed by atoms with Gasteiger partial charge in [0.15, 0.2) is 5.78 Å². The van der Waals surface area contributed by atoms with Crippen molar-refractivity contribution < 1.29 is 14.6 Å². The van der Waals surface area contributed by atoms with Crippen molar-refractivity contribution in [1.29, 1.82) is 0 Å². The maximum absolute atomic E-state index is 11.6. The molecule has 1 N–H and O–H groups in total. The van der Waals surface area contributed by atoms with Crippen molar-refractivity contribution >= 4 is 5.78 Å². The Hall–Kier alpha value is -2.17. The van der Waals surface area contributed by atoms with Crippen LogP contribution in [-0.2, 0) is 13.0 Å². The second-order valence-electron chi connectivity index (χ2n) is 7.72. The number of rotatable bonds is 7. The van der Waals surface area contributed by atoms with Crippen molar-refractivity contribution in [2.24, 2.45) is 5.41 Å². The third-order valence-corrected chi connectivity index (χ3v) is 5.73. The Bertz CT molecular complexity index is 761. The Labute approximate surface area is 161 Å². The maximum atomic E-state index is 11.6. The number of piperidine rings is 1. The minimum Gasteiger partial charge on any atom is -0.497 e. The maximum Gasteiger partial charge on any atom is 0.159 e. The van der Waals surface area contributed by atoms with Gasteiger partial charge in [0, 0.05) is 18.7 Å². The van der Waals surface area contributed by atoms with Crippen LogP contribution < -0.4 is 4.74 Å². The number of likely N-dealkylation sites (tertiary alicyclic amines) is 1. The van der Waals surface area contributed by atoms with Crippen molar-refractivity contribution in [3.8, 4) is 5.75 Å². The Morgan fingerprint density at radius 2 is 1.81 bits per heavy atom. The van der Waals surface area contributed by atoms with Crippen LogP contribution in [0.25, 0.3) is 0 Å². The van der Waals surface area contributed by atoms with Crippen LogP contribution in [0, 0.1) is 5.41 Å². The summed E-state index contributed by atoms with van der Waals surface area (Å²) >= 11 is 0. The first-order chi connectivity index (χ1) is 13.0. The number of aliphatic hydroxyl groups excluding tert-OH is 1. The van der Waals surface area contributed by atoms with Gasteiger partial charge in [0.1, 0.15) is 5.75 Å². The first-order valence-electron chi connectivity index (χ1n) is 9.60. The van der Waals surface area contributed by atoms with E-state index in [2.05, 4.69) is 23.1 Å². The molecule has 0 aliphatic carbocycles. The fraction of sp³-hybridized carbons (Fsp3) is 0.435. The Kier molecular flexibility index (Phi) is 6.30. The average molecular weight is 367 g/mol. The van der Waals surface area contributed by atoms with E-state index >= 15 is 0 Å². The van der Waals surface area contributed by atoms with E-state index in [0.29, 0.717) is 0 Å². The molecule has 0 atom stereocenters. The standard InChI is InChI=1S/C23H29NO3/c1-18(26)21-5-3-4-20(14-21)16-24-12-10-23(17-25,11-13-24)15-19-6-8-22(27-2)9-7-19/h3-9,14,25H,10-13,15-17H2,1-2H3. The van der Waals surface area contributed by atoms with Gasteiger partial charge in [-0.05, 0) is 74.0 Å². The molecule has 0 unspecified atom stereocenters. The number of benzene rings is 2. The molecule has 1 aliphatic rings. The zero-order chi connectivity index (χ0) is 19.3. The number of Topliss-reactive ketones (excluding diaryl/α,β-unsaturated/α-hetero) is 1. The molecule has 1 saturated heterocycles. The summed E-state index contributed by atoms with van der Waals surface area (Å²) in [4.78, 5) is 14.0. The molecule has 0 saturated carbocycles. The van der Waals surface area contributed by atoms with E-state index in [1.807, 2.05) is 30.3 Å². The van der Waals surface area contributed by atoms with Crippen LogP contribution >= 0.6 is 0 Å². The van der Waals surface area contributed by atoms with E-state index in [1.165, 1.54) is 11.1 Å². The van der Waals surface area contributed by atoms with E-state index in [4.69, 9.17) is 4.74 Å². The third kappa shape index (κ3) is 4.96. The summed E-state index contributed by atoms with van der Waals surface area (Å²) in [6.07, 6.45) is 2.84. The predicted molar refractivity (Wildman–Crippen MR) is 107 cm³/mol. The summed E-state index contributed by atoms with van der Waals surface area (Å²) in [5.74, 6) is 0.966. The molecule has 1 heterocycles. The normalized spacial score (nSPS) is 16.9. The van der Waals surface area contributed by atoms with Gasteiger partial charge in [-0.1, -0.05) is 30.3 Å². The first-order valence-corrected chi connectivity index (χ1v) is 9.60. The van der Waals surface area contributed by atoms with Crippen LogP contribution in [0.1, 0.15) is 41.3 Å². The van der Waals surface area contributed by atoms with Crippen molar-refractivity contribution in [3.63, 3.8) is 0 Å². The monoisotopic (exact) mass is 367 g/mol. The van der Waals surface area contributed by atoms with Crippen LogP contribution in [0.5, 0.6) is 5.75 Å². The molecular formula is C23H29NO3. The van der Waals surface area contributed by atoms with Crippen molar-refractivity contribution in [3.05, 3.63) is 65.2 Å². The van der Waals surface area contributed by atoms with Gasteiger partial charge in [0.05, 0.1) is 7.11 Å². The second kappa shape index (κ2) is 8.68. The van der Waals surface area contributed by atoms with E-state index in [0.717, 1.165) is 50.2 Å². The summed E-state index contributed by atoms with van der Waals surface area (Å²) in [5.41, 5.74) is 3.14. The fourth-order valence-corrected chi connectivity index (χ4v) is 3.90. The number of ketones is 1. The lowest BCUT2D eigenvalue weighted by Crippen LogP contribution is -2.42. The summed E-state index contributed by atoms with van der Waals surface area (Å²) < 4.78 is 5.23. The predicted octanol–water partition coefficient (Wildman–Crippen LogP) is 3.72. The quantitative estimate of drug-likeness (QED) is 0.758. The van der Waals surface area contributed by atoms with Gasteiger partial charge in [-0.25, -0.2) is 0 Å². The smallest absolute Gasteiger partial charge is 0.159 e. The van der Waals surface area contributed by atoms with Crippen LogP contribution in [-0.4, -0.2) is 42.6 Å². The Morgan fingerprint density at radius 3 is 2.41 bits per heavy atom. The first kappa shape index (κ1) is 19.6. The minimum absolute atomic E-state index is 0.0493. The number of nitrogens with zero attached hydrogens (tertiary/aromatic N) is 1. The van der Waals surface area contributed by atoms with Crippen LogP contribution in [0.3, 0.4) is 0 Å². The SMILES string of the molecule is COc1ccc(CC2(CO)CCN(Cc3cccc(C(C)=O)c3)CC2)cc1. The van der Waals surface area contributed by atoms with Crippen molar-refractivity contribution in [2.75, 3.05) is 26.8 Å². The lowest BCUT2D eigenvalue weighted by atomic mass is 9.74. The number of aliphatic hydroxyl groups is 1. The topological polar surface area (TPSA) is 49.8 Å². The number of hydrogen-bond donors (Lipinski definition) is 1. The molecule has 27 heavy (non-hydrogen) atoms. The highest BCUT2D eigenvalue weighted by atomic mass is 16.5. The molecule has 1 aliphatic heterocycles. The molecule has 0 bridgehead atoms. The minimum atomic E-state index is -0.0493. The highest BCUT2D eigenvalue weighted by Gasteiger charge is 2.34. The summed E-state index contributed by atoms with van der Waals surface area (Å²) in [5, 5.41) is 10.1. The van der Waals surface area contributed by atoms with Gasteiger partial charge in [0.2, 0.25) is 0 Å². The lowest BCUT2D eigenvalue weighted by Gasteiger charge is -2.41. The second-order valence-corrected chi connectivity index (χ2v) is 7.72. The summed E-state index contributed by atoms with van der Waals surface area (Å²) in [6, 6.07) is 16.1. The Balaban J connectivity index is 1.60. The number of methoxy groups -OCH3 is 1. The van der Waals surface area contributed by atoms with Crippen molar-refractivity contribution in [1.82, 2.24) is 4.90 Å². The van der Waals surface area contributed by atoms with Gasteiger partial charge in [-0.2, -0.15) is 0 Å². The van der Waals surface area contributed by atoms with Crippen molar-refractivity contribution in [2.45, 2.75) is 32.7 Å². The molecule has 2 aromatic carbocycles. The van der Waals surface area contributed by atoms with Gasteiger partial charge in [-0.15, -0.1) is 0 Å². The highest BCUT2D eigenvalue weighted by molar-refractivity contribution is 5.94. The molecule has 0 radical (unpaired) electrons. The Morgan fingerprint density at radius 1 is 1.11 bits per heavy atom. The molecule has 144 valence electrons. The fourth-order valence-electron chi connectivity index (χ4n) is 3.90. The largest absolute Gasteiger partial charge is 0.497 e. The van der Waals surface area contributed by atoms with E-state index < -0.39 is 0 Å². The average Bonchev–Trinajstić information content (AvgIpc) is 2.70.